The van der Waals surface area contributed by atoms with E-state index in [0.29, 0.717) is 17.3 Å². The molecule has 0 unspecified atom stereocenters. The lowest BCUT2D eigenvalue weighted by Gasteiger charge is -2.23. The van der Waals surface area contributed by atoms with Crippen LogP contribution in [0.15, 0.2) is 6.07 Å². The van der Waals surface area contributed by atoms with Crippen molar-refractivity contribution < 1.29 is 37.0 Å². The van der Waals surface area contributed by atoms with Crippen LogP contribution in [0, 0.1) is 5.82 Å². The second-order valence-electron chi connectivity index (χ2n) is 7.53. The van der Waals surface area contributed by atoms with Gasteiger partial charge in [-0.1, -0.05) is 12.8 Å². The molecule has 0 aliphatic carbocycles. The number of methoxy groups -OCH3 is 1. The summed E-state index contributed by atoms with van der Waals surface area (Å²) in [5, 5.41) is 13.1. The first-order valence-electron chi connectivity index (χ1n) is 10.4. The number of carboxylic acids is 1. The van der Waals surface area contributed by atoms with Crippen molar-refractivity contribution in [2.24, 2.45) is 0 Å². The van der Waals surface area contributed by atoms with Gasteiger partial charge >= 0.3 is 12.1 Å². The zero-order valence-electron chi connectivity index (χ0n) is 17.8. The van der Waals surface area contributed by atoms with Crippen LogP contribution < -0.4 is 20.3 Å². The third kappa shape index (κ3) is 7.50. The second-order valence-corrected chi connectivity index (χ2v) is 7.53. The summed E-state index contributed by atoms with van der Waals surface area (Å²) < 4.78 is 51.7. The normalized spacial score (nSPS) is 18.9. The van der Waals surface area contributed by atoms with Crippen molar-refractivity contribution in [2.75, 3.05) is 31.6 Å². The molecule has 12 heteroatoms. The lowest BCUT2D eigenvalue weighted by molar-refractivity contribution is -0.192. The Balaban J connectivity index is 0.000000451. The van der Waals surface area contributed by atoms with Crippen LogP contribution in [0.5, 0.6) is 5.88 Å². The number of amides is 1. The smallest absolute Gasteiger partial charge is 0.481 e. The Morgan fingerprint density at radius 3 is 2.38 bits per heavy atom. The van der Waals surface area contributed by atoms with Gasteiger partial charge < -0.3 is 25.4 Å². The molecule has 32 heavy (non-hydrogen) atoms. The van der Waals surface area contributed by atoms with Crippen LogP contribution in [-0.2, 0) is 16.1 Å². The predicted octanol–water partition coefficient (Wildman–Crippen LogP) is 2.61. The van der Waals surface area contributed by atoms with Crippen molar-refractivity contribution in [1.82, 2.24) is 15.6 Å². The zero-order valence-corrected chi connectivity index (χ0v) is 17.8. The summed E-state index contributed by atoms with van der Waals surface area (Å²) in [5.74, 6) is -2.44. The number of carboxylic acid groups (broad SMARTS) is 1. The fourth-order valence-electron chi connectivity index (χ4n) is 3.52. The first kappa shape index (κ1) is 25.6. The topological polar surface area (TPSA) is 104 Å². The van der Waals surface area contributed by atoms with E-state index in [0.717, 1.165) is 45.3 Å². The Morgan fingerprint density at radius 2 is 1.88 bits per heavy atom. The number of halogens is 4. The molecule has 2 aliphatic rings. The molecule has 1 atom stereocenters. The van der Waals surface area contributed by atoms with E-state index in [-0.39, 0.29) is 24.3 Å². The number of aromatic nitrogens is 1. The maximum Gasteiger partial charge on any atom is 0.490 e. The number of alkyl halides is 3. The summed E-state index contributed by atoms with van der Waals surface area (Å²) >= 11 is 0. The fourth-order valence-corrected chi connectivity index (χ4v) is 3.52. The SMILES string of the molecule is COc1nc(N2CCCCCC2)c(F)cc1CNC(=O)[C@@H]1CCCN1.O=C(O)C(F)(F)F. The van der Waals surface area contributed by atoms with Crippen molar-refractivity contribution in [2.45, 2.75) is 57.3 Å². The number of nitrogens with one attached hydrogen (secondary N) is 2. The lowest BCUT2D eigenvalue weighted by Crippen LogP contribution is -2.40. The van der Waals surface area contributed by atoms with Gasteiger partial charge in [0.2, 0.25) is 11.8 Å². The molecule has 0 aromatic carbocycles. The fraction of sp³-hybridized carbons (Fsp3) is 0.650. The van der Waals surface area contributed by atoms with Crippen molar-refractivity contribution in [3.8, 4) is 5.88 Å². The average molecular weight is 464 g/mol. The summed E-state index contributed by atoms with van der Waals surface area (Å²) in [6, 6.07) is 1.29. The van der Waals surface area contributed by atoms with Gasteiger partial charge in [-0.05, 0) is 38.3 Å². The predicted molar refractivity (Wildman–Crippen MR) is 108 cm³/mol. The summed E-state index contributed by atoms with van der Waals surface area (Å²) in [6.45, 7) is 2.71. The second kappa shape index (κ2) is 11.8. The highest BCUT2D eigenvalue weighted by atomic mass is 19.4. The first-order chi connectivity index (χ1) is 15.1. The summed E-state index contributed by atoms with van der Waals surface area (Å²) in [5.41, 5.74) is 0.560. The van der Waals surface area contributed by atoms with E-state index in [2.05, 4.69) is 15.6 Å². The highest BCUT2D eigenvalue weighted by Gasteiger charge is 2.38. The van der Waals surface area contributed by atoms with Gasteiger partial charge in [-0.3, -0.25) is 4.79 Å². The van der Waals surface area contributed by atoms with E-state index >= 15 is 0 Å². The third-order valence-electron chi connectivity index (χ3n) is 5.17. The molecule has 3 rings (SSSR count). The number of carbonyl (C=O) groups excluding carboxylic acids is 1. The van der Waals surface area contributed by atoms with Crippen LogP contribution in [0.3, 0.4) is 0 Å². The van der Waals surface area contributed by atoms with E-state index in [9.17, 15) is 22.4 Å². The molecule has 0 spiro atoms. The largest absolute Gasteiger partial charge is 0.490 e. The Kier molecular flexibility index (Phi) is 9.48. The summed E-state index contributed by atoms with van der Waals surface area (Å²) in [6.07, 6.45) is 1.21. The number of carbonyl (C=O) groups is 2. The monoisotopic (exact) mass is 464 g/mol. The van der Waals surface area contributed by atoms with Crippen LogP contribution in [0.1, 0.15) is 44.1 Å². The molecule has 3 N–H and O–H groups in total. The molecule has 8 nitrogen and oxygen atoms in total. The number of ether oxygens (including phenoxy) is 1. The van der Waals surface area contributed by atoms with Crippen molar-refractivity contribution in [3.05, 3.63) is 17.4 Å². The average Bonchev–Trinajstić information content (AvgIpc) is 3.15. The summed E-state index contributed by atoms with van der Waals surface area (Å²) in [7, 11) is 1.52. The first-order valence-corrected chi connectivity index (χ1v) is 10.4. The molecule has 2 fully saturated rings. The molecule has 1 aromatic heterocycles. The third-order valence-corrected chi connectivity index (χ3v) is 5.17. The van der Waals surface area contributed by atoms with Gasteiger partial charge in [0.05, 0.1) is 13.2 Å². The number of hydrogen-bond acceptors (Lipinski definition) is 6. The molecule has 2 aliphatic heterocycles. The van der Waals surface area contributed by atoms with E-state index in [1.165, 1.54) is 26.0 Å². The number of rotatable bonds is 5. The Morgan fingerprint density at radius 1 is 1.25 bits per heavy atom. The van der Waals surface area contributed by atoms with Gasteiger partial charge in [0.1, 0.15) is 0 Å². The molecule has 0 bridgehead atoms. The molecule has 0 saturated carbocycles. The van der Waals surface area contributed by atoms with E-state index < -0.39 is 12.1 Å². The van der Waals surface area contributed by atoms with Gasteiger partial charge in [0.25, 0.3) is 0 Å². The highest BCUT2D eigenvalue weighted by Crippen LogP contribution is 2.27. The summed E-state index contributed by atoms with van der Waals surface area (Å²) in [4.78, 5) is 27.4. The number of pyridine rings is 1. The van der Waals surface area contributed by atoms with E-state index in [1.54, 1.807) is 0 Å². The van der Waals surface area contributed by atoms with Gasteiger partial charge in [-0.15, -0.1) is 0 Å². The standard InChI is InChI=1S/C18H27FN4O2.C2HF3O2/c1-25-18-13(12-21-17(24)15-7-6-8-20-15)11-14(19)16(22-18)23-9-4-2-3-5-10-23;3-2(4,5)1(6)7/h11,15,20H,2-10,12H2,1H3,(H,21,24);(H,6,7)/t15-;/m0./s1. The number of hydrogen-bond donors (Lipinski definition) is 3. The molecule has 180 valence electrons. The molecule has 1 aromatic rings. The lowest BCUT2D eigenvalue weighted by atomic mass is 10.2. The Hall–Kier alpha value is -2.63. The zero-order chi connectivity index (χ0) is 23.7. The van der Waals surface area contributed by atoms with Gasteiger partial charge in [-0.2, -0.15) is 18.2 Å². The van der Waals surface area contributed by atoms with Gasteiger partial charge in [0, 0.05) is 25.2 Å². The Bertz CT molecular complexity index is 778. The van der Waals surface area contributed by atoms with Crippen molar-refractivity contribution in [3.63, 3.8) is 0 Å². The van der Waals surface area contributed by atoms with Gasteiger partial charge in [-0.25, -0.2) is 9.18 Å². The molecule has 1 amide bonds. The minimum Gasteiger partial charge on any atom is -0.481 e. The highest BCUT2D eigenvalue weighted by molar-refractivity contribution is 5.82. The molecule has 0 radical (unpaired) electrons. The van der Waals surface area contributed by atoms with Crippen molar-refractivity contribution in [1.29, 1.82) is 0 Å². The van der Waals surface area contributed by atoms with Crippen LogP contribution in [-0.4, -0.2) is 60.9 Å². The van der Waals surface area contributed by atoms with Crippen LogP contribution in [0.4, 0.5) is 23.4 Å². The van der Waals surface area contributed by atoms with E-state index in [4.69, 9.17) is 14.6 Å². The van der Waals surface area contributed by atoms with Gasteiger partial charge in [0.15, 0.2) is 11.6 Å². The minimum atomic E-state index is -5.08. The molecular weight excluding hydrogens is 436 g/mol. The molecule has 2 saturated heterocycles. The number of anilines is 1. The number of aliphatic carboxylic acids is 1. The number of nitrogens with zero attached hydrogens (tertiary/aromatic N) is 2. The van der Waals surface area contributed by atoms with Crippen molar-refractivity contribution >= 4 is 17.7 Å². The van der Waals surface area contributed by atoms with Crippen LogP contribution >= 0.6 is 0 Å². The maximum atomic E-state index is 14.6. The van der Waals surface area contributed by atoms with Crippen LogP contribution in [0.2, 0.25) is 0 Å². The quantitative estimate of drug-likeness (QED) is 0.576. The molecular formula is C20H28F4N4O4. The van der Waals surface area contributed by atoms with Crippen LogP contribution in [0.25, 0.3) is 0 Å². The Labute approximate surface area is 183 Å². The minimum absolute atomic E-state index is 0.0587. The van der Waals surface area contributed by atoms with E-state index in [1.807, 2.05) is 4.90 Å². The molecule has 3 heterocycles. The maximum absolute atomic E-state index is 14.6.